The molecule has 0 aliphatic carbocycles. The van der Waals surface area contributed by atoms with Gasteiger partial charge in [0, 0.05) is 36.7 Å². The quantitative estimate of drug-likeness (QED) is 0.0991. The monoisotopic (exact) mass is 690 g/mol. The van der Waals surface area contributed by atoms with Gasteiger partial charge >= 0.3 is 12.1 Å². The number of amides is 1. The molecule has 1 amide bonds. The Labute approximate surface area is 289 Å². The highest BCUT2D eigenvalue weighted by atomic mass is 19.1. The van der Waals surface area contributed by atoms with Crippen molar-refractivity contribution >= 4 is 33.6 Å². The number of halogens is 3. The summed E-state index contributed by atoms with van der Waals surface area (Å²) in [5, 5.41) is 12.5. The van der Waals surface area contributed by atoms with E-state index in [2.05, 4.69) is 31.2 Å². The van der Waals surface area contributed by atoms with Crippen molar-refractivity contribution in [2.24, 2.45) is 0 Å². The van der Waals surface area contributed by atoms with Crippen LogP contribution in [-0.2, 0) is 4.74 Å². The molecule has 50 heavy (non-hydrogen) atoms. The Bertz CT molecular complexity index is 1980. The van der Waals surface area contributed by atoms with Gasteiger partial charge < -0.3 is 14.6 Å². The molecule has 2 atom stereocenters. The third-order valence-corrected chi connectivity index (χ3v) is 9.19. The molecule has 264 valence electrons. The van der Waals surface area contributed by atoms with Crippen LogP contribution in [0, 0.1) is 24.0 Å². The minimum Gasteiger partial charge on any atom is -0.508 e. The Morgan fingerprint density at radius 1 is 1.24 bits per heavy atom. The van der Waals surface area contributed by atoms with E-state index in [1.165, 1.54) is 35.5 Å². The van der Waals surface area contributed by atoms with Gasteiger partial charge in [0.25, 0.3) is 0 Å². The van der Waals surface area contributed by atoms with Crippen molar-refractivity contribution in [2.75, 3.05) is 31.7 Å². The van der Waals surface area contributed by atoms with E-state index in [9.17, 15) is 18.7 Å². The molecule has 2 aromatic carbocycles. The highest BCUT2D eigenvalue weighted by molar-refractivity contribution is 6.03. The largest absolute Gasteiger partial charge is 0.508 e. The summed E-state index contributed by atoms with van der Waals surface area (Å²) in [6, 6.07) is 5.07. The van der Waals surface area contributed by atoms with Gasteiger partial charge in [-0.15, -0.1) is 6.42 Å². The second-order valence-electron chi connectivity index (χ2n) is 14.0. The van der Waals surface area contributed by atoms with E-state index in [1.807, 2.05) is 6.92 Å². The summed E-state index contributed by atoms with van der Waals surface area (Å²) < 4.78 is 58.1. The second-order valence-corrected chi connectivity index (χ2v) is 14.0. The molecule has 0 radical (unpaired) electrons. The van der Waals surface area contributed by atoms with Crippen LogP contribution in [0.2, 0.25) is 0 Å². The van der Waals surface area contributed by atoms with Crippen molar-refractivity contribution in [3.8, 4) is 35.4 Å². The zero-order valence-corrected chi connectivity index (χ0v) is 28.7. The Balaban J connectivity index is 1.48. The van der Waals surface area contributed by atoms with E-state index in [-0.39, 0.29) is 63.8 Å². The predicted molar refractivity (Wildman–Crippen MR) is 184 cm³/mol. The number of unbranched alkanes of at least 4 members (excludes halogenated alkanes) is 2. The lowest BCUT2D eigenvalue weighted by atomic mass is 9.95. The number of benzene rings is 2. The smallest absolute Gasteiger partial charge is 0.429 e. The summed E-state index contributed by atoms with van der Waals surface area (Å²) in [7, 11) is 0. The van der Waals surface area contributed by atoms with Crippen molar-refractivity contribution < 1.29 is 32.5 Å². The molecular formula is C37H41F3N6O4. The third kappa shape index (κ3) is 6.94. The third-order valence-electron chi connectivity index (χ3n) is 9.19. The lowest BCUT2D eigenvalue weighted by Gasteiger charge is -2.31. The van der Waals surface area contributed by atoms with Crippen LogP contribution in [0.1, 0.15) is 71.8 Å². The van der Waals surface area contributed by atoms with Crippen LogP contribution in [0.5, 0.6) is 11.8 Å². The van der Waals surface area contributed by atoms with Crippen LogP contribution < -0.4 is 10.2 Å². The molecule has 4 aromatic rings. The van der Waals surface area contributed by atoms with Crippen molar-refractivity contribution in [1.29, 1.82) is 0 Å². The van der Waals surface area contributed by atoms with Gasteiger partial charge in [-0.25, -0.2) is 23.0 Å². The van der Waals surface area contributed by atoms with Crippen LogP contribution in [-0.4, -0.2) is 79.6 Å². The maximum absolute atomic E-state index is 16.9. The number of carbonyl (C=O) groups is 1. The zero-order chi connectivity index (χ0) is 35.8. The fourth-order valence-corrected chi connectivity index (χ4v) is 6.93. The molecule has 0 unspecified atom stereocenters. The highest BCUT2D eigenvalue weighted by Gasteiger charge is 2.49. The number of carbonyl (C=O) groups excluding carboxylic acids is 1. The number of hydrazine groups is 1. The molecule has 2 aromatic heterocycles. The number of alkyl halides is 1. The molecule has 6 rings (SSSR count). The van der Waals surface area contributed by atoms with Crippen molar-refractivity contribution in [2.45, 2.75) is 83.5 Å². The van der Waals surface area contributed by atoms with Crippen molar-refractivity contribution in [3.05, 3.63) is 47.7 Å². The molecule has 0 bridgehead atoms. The number of aromatic nitrogens is 3. The number of fused-ring (bicyclic) bond motifs is 3. The molecule has 2 N–H and O–H groups in total. The lowest BCUT2D eigenvalue weighted by molar-refractivity contribution is 0.0293. The number of ether oxygens (including phenoxy) is 2. The molecular weight excluding hydrogens is 649 g/mol. The van der Waals surface area contributed by atoms with Gasteiger partial charge in [-0.1, -0.05) is 31.8 Å². The number of hydrogen-bond acceptors (Lipinski definition) is 9. The number of terminal acetylenes is 1. The summed E-state index contributed by atoms with van der Waals surface area (Å²) in [6.07, 6.45) is 9.67. The van der Waals surface area contributed by atoms with Gasteiger partial charge in [-0.05, 0) is 70.2 Å². The summed E-state index contributed by atoms with van der Waals surface area (Å²) in [4.78, 5) is 28.8. The normalized spacial score (nSPS) is 19.0. The number of aromatic hydroxyl groups is 1. The summed E-state index contributed by atoms with van der Waals surface area (Å²) in [5.74, 6) is 0.542. The van der Waals surface area contributed by atoms with Crippen LogP contribution in [0.15, 0.2) is 30.5 Å². The number of phenolic OH excluding ortho intramolecular Hbond substituents is 1. The van der Waals surface area contributed by atoms with Gasteiger partial charge in [0.15, 0.2) is 11.6 Å². The second kappa shape index (κ2) is 13.8. The van der Waals surface area contributed by atoms with Crippen LogP contribution in [0.3, 0.4) is 0 Å². The van der Waals surface area contributed by atoms with Gasteiger partial charge in [0.1, 0.15) is 41.2 Å². The number of nitrogens with one attached hydrogen (secondary N) is 1. The van der Waals surface area contributed by atoms with Gasteiger partial charge in [0.2, 0.25) is 0 Å². The first kappa shape index (κ1) is 35.0. The maximum atomic E-state index is 16.9. The molecule has 2 fully saturated rings. The number of nitrogens with zero attached hydrogens (tertiary/aromatic N) is 5. The predicted octanol–water partition coefficient (Wildman–Crippen LogP) is 7.52. The number of anilines is 1. The molecule has 2 saturated heterocycles. The zero-order valence-electron chi connectivity index (χ0n) is 28.7. The number of pyridine rings is 1. The summed E-state index contributed by atoms with van der Waals surface area (Å²) in [6.45, 7) is 8.69. The first-order chi connectivity index (χ1) is 23.8. The SMILES string of the molecule is C#Cc1c(F)ccc2cc(O)cc(-c3ncc4c(NN(CCCCC)C(=O)OC(C)(C)C)nc(OC[C@@]56CCCN5C[C@H](F)C6)nc4c3F)c12. The van der Waals surface area contributed by atoms with E-state index in [1.54, 1.807) is 20.8 Å². The number of hydrogen-bond donors (Lipinski definition) is 2. The van der Waals surface area contributed by atoms with E-state index >= 15 is 4.39 Å². The molecule has 2 aliphatic rings. The maximum Gasteiger partial charge on any atom is 0.429 e. The topological polar surface area (TPSA) is 113 Å². The van der Waals surface area contributed by atoms with Crippen LogP contribution >= 0.6 is 0 Å². The highest BCUT2D eigenvalue weighted by Crippen LogP contribution is 2.41. The summed E-state index contributed by atoms with van der Waals surface area (Å²) in [5.41, 5.74) is 1.15. The van der Waals surface area contributed by atoms with E-state index < -0.39 is 35.0 Å². The van der Waals surface area contributed by atoms with E-state index in [0.717, 1.165) is 32.2 Å². The van der Waals surface area contributed by atoms with E-state index in [0.29, 0.717) is 24.8 Å². The molecule has 10 nitrogen and oxygen atoms in total. The Kier molecular flexibility index (Phi) is 9.68. The Morgan fingerprint density at radius 3 is 2.78 bits per heavy atom. The summed E-state index contributed by atoms with van der Waals surface area (Å²) >= 11 is 0. The lowest BCUT2D eigenvalue weighted by Crippen LogP contribution is -2.43. The fraction of sp³-hybridized carbons (Fsp3) is 0.459. The van der Waals surface area contributed by atoms with Crippen molar-refractivity contribution in [1.82, 2.24) is 24.9 Å². The van der Waals surface area contributed by atoms with Gasteiger partial charge in [0.05, 0.1) is 16.5 Å². The van der Waals surface area contributed by atoms with Crippen molar-refractivity contribution in [3.63, 3.8) is 0 Å². The molecule has 4 heterocycles. The van der Waals surface area contributed by atoms with E-state index in [4.69, 9.17) is 15.9 Å². The number of phenols is 1. The minimum atomic E-state index is -0.986. The first-order valence-corrected chi connectivity index (χ1v) is 16.9. The molecule has 0 saturated carbocycles. The molecule has 2 aliphatic heterocycles. The molecule has 0 spiro atoms. The fourth-order valence-electron chi connectivity index (χ4n) is 6.93. The minimum absolute atomic E-state index is 0.0250. The average Bonchev–Trinajstić information content (AvgIpc) is 3.58. The van der Waals surface area contributed by atoms with Crippen LogP contribution in [0.4, 0.5) is 23.8 Å². The standard InChI is InChI=1S/C37H41F3N6O4/c1-6-8-9-15-46(35(48)50-36(3,4)5)44-33-27-19-41-31(26-17-24(47)16-22-11-12-28(39)25(7-2)29(22)26)30(40)32(27)42-34(43-33)49-21-37-13-10-14-45(37)20-23(38)18-37/h2,11-12,16-17,19,23,47H,6,8-10,13-15,18,20-21H2,1,3-5H3,(H,42,43,44)/t23-,37+/m1/s1. The molecule has 13 heteroatoms. The first-order valence-electron chi connectivity index (χ1n) is 16.9. The van der Waals surface area contributed by atoms with Gasteiger partial charge in [-0.2, -0.15) is 9.97 Å². The Morgan fingerprint density at radius 2 is 2.04 bits per heavy atom. The number of rotatable bonds is 10. The van der Waals surface area contributed by atoms with Gasteiger partial charge in [-0.3, -0.25) is 15.3 Å². The average molecular weight is 691 g/mol. The Hall–Kier alpha value is -4.83. The van der Waals surface area contributed by atoms with Crippen LogP contribution in [0.25, 0.3) is 32.9 Å².